The Hall–Kier alpha value is -5.56. The Balaban J connectivity index is 0.000000216. The molecule has 0 aliphatic carbocycles. The predicted octanol–water partition coefficient (Wildman–Crippen LogP) is 11.5. The maximum absolute atomic E-state index is 8.82. The number of nitrogens with zero attached hydrogens (tertiary/aromatic N) is 5. The monoisotopic (exact) mass is 858 g/mol. The van der Waals surface area contributed by atoms with Gasteiger partial charge in [0, 0.05) is 11.9 Å². The van der Waals surface area contributed by atoms with Crippen molar-refractivity contribution in [2.24, 2.45) is 11.8 Å². The lowest BCUT2D eigenvalue weighted by atomic mass is 9.94. The fourth-order valence-electron chi connectivity index (χ4n) is 6.56. The van der Waals surface area contributed by atoms with Crippen LogP contribution >= 0.6 is 15.9 Å². The molecule has 2 saturated heterocycles. The maximum atomic E-state index is 8.82. The van der Waals surface area contributed by atoms with Gasteiger partial charge in [0.25, 0.3) is 0 Å². The minimum absolute atomic E-state index is 0.641. The van der Waals surface area contributed by atoms with Crippen LogP contribution in [0.5, 0.6) is 23.0 Å². The summed E-state index contributed by atoms with van der Waals surface area (Å²) in [6.45, 7) is 29.1. The highest BCUT2D eigenvalue weighted by atomic mass is 79.9. The molecule has 0 bridgehead atoms. The molecule has 2 heterocycles. The molecule has 2 aliphatic rings. The Morgan fingerprint density at radius 1 is 0.576 bits per heavy atom. The van der Waals surface area contributed by atoms with Crippen LogP contribution in [0.15, 0.2) is 97.1 Å². The zero-order valence-corrected chi connectivity index (χ0v) is 35.5. The van der Waals surface area contributed by atoms with E-state index >= 15 is 0 Å². The fourth-order valence-corrected chi connectivity index (χ4v) is 6.78. The molecule has 1 N–H and O–H groups in total. The lowest BCUT2D eigenvalue weighted by molar-refractivity contribution is 0.154. The van der Waals surface area contributed by atoms with E-state index in [4.69, 9.17) is 43.9 Å². The van der Waals surface area contributed by atoms with Crippen molar-refractivity contribution in [2.75, 3.05) is 64.5 Å². The number of hydrogen-bond acceptors (Lipinski definition) is 7. The van der Waals surface area contributed by atoms with Crippen molar-refractivity contribution in [2.45, 2.75) is 51.4 Å². The smallest absolute Gasteiger partial charge is 0.187 e. The highest BCUT2D eigenvalue weighted by Crippen LogP contribution is 2.23. The highest BCUT2D eigenvalue weighted by molar-refractivity contribution is 9.09. The summed E-state index contributed by atoms with van der Waals surface area (Å²) in [5, 5.41) is 13.1. The zero-order chi connectivity index (χ0) is 41.8. The number of halogens is 1. The first-order valence-electron chi connectivity index (χ1n) is 20.4. The third-order valence-electron chi connectivity index (χ3n) is 10.1. The third-order valence-corrected chi connectivity index (χ3v) is 10.6. The van der Waals surface area contributed by atoms with Crippen LogP contribution in [0.25, 0.3) is 14.5 Å². The van der Waals surface area contributed by atoms with Crippen molar-refractivity contribution in [3.63, 3.8) is 0 Å². The Labute approximate surface area is 359 Å². The number of nitriles is 1. The number of likely N-dealkylation sites (tertiary alicyclic amines) is 1. The van der Waals surface area contributed by atoms with E-state index in [0.717, 1.165) is 112 Å². The number of rotatable bonds is 17. The fraction of sp³-hybridized carbons (Fsp3) is 0.417. The molecule has 2 fully saturated rings. The second kappa shape index (κ2) is 28.0. The number of piperidine rings is 2. The van der Waals surface area contributed by atoms with Gasteiger partial charge in [-0.05, 0) is 150 Å². The molecule has 59 heavy (non-hydrogen) atoms. The molecular weight excluding hydrogens is 804 g/mol. The third kappa shape index (κ3) is 18.7. The normalized spacial score (nSPS) is 14.0. The van der Waals surface area contributed by atoms with Gasteiger partial charge < -0.3 is 29.2 Å². The van der Waals surface area contributed by atoms with Crippen molar-refractivity contribution >= 4 is 33.0 Å². The van der Waals surface area contributed by atoms with Crippen molar-refractivity contribution in [1.82, 2.24) is 10.2 Å². The molecule has 4 aromatic rings. The van der Waals surface area contributed by atoms with Gasteiger partial charge in [-0.2, -0.15) is 5.26 Å². The van der Waals surface area contributed by atoms with Gasteiger partial charge in [0.15, 0.2) is 17.1 Å². The predicted molar refractivity (Wildman–Crippen MR) is 238 cm³/mol. The molecule has 0 atom stereocenters. The average Bonchev–Trinajstić information content (AvgIpc) is 3.30. The van der Waals surface area contributed by atoms with Crippen LogP contribution in [0, 0.1) is 42.9 Å². The molecule has 0 aromatic heterocycles. The number of ether oxygens (including phenoxy) is 4. The molecule has 10 nitrogen and oxygen atoms in total. The van der Waals surface area contributed by atoms with Crippen LogP contribution in [-0.4, -0.2) is 69.4 Å². The van der Waals surface area contributed by atoms with E-state index in [-0.39, 0.29) is 0 Å². The van der Waals surface area contributed by atoms with E-state index in [9.17, 15) is 0 Å². The largest absolute Gasteiger partial charge is 0.494 e. The van der Waals surface area contributed by atoms with Crippen molar-refractivity contribution in [1.29, 1.82) is 5.26 Å². The molecule has 0 saturated carbocycles. The molecule has 6 rings (SSSR count). The first-order valence-corrected chi connectivity index (χ1v) is 21.6. The Kier molecular flexibility index (Phi) is 21.9. The lowest BCUT2D eigenvalue weighted by Gasteiger charge is -2.31. The van der Waals surface area contributed by atoms with Gasteiger partial charge in [0.1, 0.15) is 23.0 Å². The summed E-state index contributed by atoms with van der Waals surface area (Å²) in [5.41, 5.74) is 2.61. The molecule has 0 unspecified atom stereocenters. The Morgan fingerprint density at radius 3 is 1.37 bits per heavy atom. The second-order valence-corrected chi connectivity index (χ2v) is 15.1. The van der Waals surface area contributed by atoms with E-state index in [1.54, 1.807) is 48.5 Å². The summed E-state index contributed by atoms with van der Waals surface area (Å²) >= 11 is 3.33. The van der Waals surface area contributed by atoms with E-state index in [1.807, 2.05) is 48.5 Å². The summed E-state index contributed by atoms with van der Waals surface area (Å²) in [5.74, 6) is 4.89. The quantitative estimate of drug-likeness (QED) is 0.0642. The number of hydrogen-bond donors (Lipinski definition) is 1. The summed E-state index contributed by atoms with van der Waals surface area (Å²) < 4.78 is 22.7. The van der Waals surface area contributed by atoms with Gasteiger partial charge in [0.2, 0.25) is 0 Å². The van der Waals surface area contributed by atoms with Crippen molar-refractivity contribution in [3.8, 4) is 29.1 Å². The molecule has 4 aromatic carbocycles. The number of benzene rings is 4. The van der Waals surface area contributed by atoms with Gasteiger partial charge in [-0.3, -0.25) is 0 Å². The van der Waals surface area contributed by atoms with Gasteiger partial charge in [-0.15, -0.1) is 0 Å². The molecule has 11 heteroatoms. The van der Waals surface area contributed by atoms with E-state index in [0.29, 0.717) is 35.8 Å². The molecule has 0 radical (unpaired) electrons. The highest BCUT2D eigenvalue weighted by Gasteiger charge is 2.19. The van der Waals surface area contributed by atoms with Crippen LogP contribution in [0.1, 0.15) is 56.9 Å². The summed E-state index contributed by atoms with van der Waals surface area (Å²) in [6, 6.07) is 31.2. The van der Waals surface area contributed by atoms with Gasteiger partial charge in [-0.1, -0.05) is 52.3 Å². The van der Waals surface area contributed by atoms with Crippen LogP contribution in [0.2, 0.25) is 0 Å². The standard InChI is InChI=1S/C24H27N3O2.C14H18N2O.C10H10BrNO/c1-26-22-5-9-24(10-6-22)28-17-2-14-27-15-11-20(12-16-27)13-18-29-23-7-3-21(19-25)4-8-23;1-15-13-2-4-14(5-3-13)17-11-8-12-6-9-16-10-7-12;1-12-9-3-5-10(6-4-9)13-8-2-7-11/h3-10,20H,2,11-18H2;2-5,12,16H,6-11H2;3-6H,2,7-8H2. The SMILES string of the molecule is [C-]#[N+]c1ccc(OCCC2CCNCC2)cc1.[C-]#[N+]c1ccc(OCCCBr)cc1.[C-]#[N+]c1ccc(OCCCN2CCC(CCOc3ccc(C#N)cc3)CC2)cc1. The minimum atomic E-state index is 0.641. The molecule has 0 amide bonds. The number of alkyl halides is 1. The minimum Gasteiger partial charge on any atom is -0.494 e. The summed E-state index contributed by atoms with van der Waals surface area (Å²) in [4.78, 5) is 12.6. The zero-order valence-electron chi connectivity index (χ0n) is 33.9. The lowest BCUT2D eigenvalue weighted by Crippen LogP contribution is -2.35. The van der Waals surface area contributed by atoms with Gasteiger partial charge in [-0.25, -0.2) is 14.5 Å². The van der Waals surface area contributed by atoms with Crippen molar-refractivity contribution < 1.29 is 18.9 Å². The summed E-state index contributed by atoms with van der Waals surface area (Å²) in [6.07, 6.45) is 9.18. The van der Waals surface area contributed by atoms with Gasteiger partial charge >= 0.3 is 0 Å². The number of nitrogens with one attached hydrogen (secondary N) is 1. The molecule has 2 aliphatic heterocycles. The van der Waals surface area contributed by atoms with Crippen LogP contribution in [0.4, 0.5) is 17.1 Å². The second-order valence-electron chi connectivity index (χ2n) is 14.3. The average molecular weight is 860 g/mol. The Morgan fingerprint density at radius 2 is 0.966 bits per heavy atom. The summed E-state index contributed by atoms with van der Waals surface area (Å²) in [7, 11) is 0. The van der Waals surface area contributed by atoms with Crippen LogP contribution in [-0.2, 0) is 0 Å². The van der Waals surface area contributed by atoms with Gasteiger partial charge in [0.05, 0.1) is 57.8 Å². The first kappa shape index (κ1) is 46.1. The Bertz CT molecular complexity index is 1920. The van der Waals surface area contributed by atoms with Crippen molar-refractivity contribution in [3.05, 3.63) is 137 Å². The molecular formula is C48H55BrN6O4. The first-order chi connectivity index (χ1) is 29.0. The topological polar surface area (TPSA) is 89.1 Å². The van der Waals surface area contributed by atoms with E-state index in [1.165, 1.54) is 25.7 Å². The maximum Gasteiger partial charge on any atom is 0.187 e. The van der Waals surface area contributed by atoms with E-state index in [2.05, 4.69) is 46.8 Å². The molecule has 308 valence electrons. The van der Waals surface area contributed by atoms with E-state index < -0.39 is 0 Å². The van der Waals surface area contributed by atoms with Crippen LogP contribution in [0.3, 0.4) is 0 Å². The molecule has 0 spiro atoms. The van der Waals surface area contributed by atoms with Crippen LogP contribution < -0.4 is 24.3 Å².